The Morgan fingerprint density at radius 2 is 1.91 bits per heavy atom. The minimum Gasteiger partial charge on any atom is -0.387 e. The van der Waals surface area contributed by atoms with Gasteiger partial charge < -0.3 is 10.1 Å². The number of nitrogens with zero attached hydrogens (tertiary/aromatic N) is 2. The first kappa shape index (κ1) is 14.3. The Kier molecular flexibility index (Phi) is 4.17. The van der Waals surface area contributed by atoms with E-state index in [0.717, 1.165) is 29.7 Å². The second-order valence-corrected chi connectivity index (χ2v) is 5.29. The molecule has 1 unspecified atom stereocenters. The third-order valence-electron chi connectivity index (χ3n) is 3.73. The molecular formula is C18H17N3O. The highest BCUT2D eigenvalue weighted by molar-refractivity contribution is 5.79. The summed E-state index contributed by atoms with van der Waals surface area (Å²) in [6, 6.07) is 17.9. The van der Waals surface area contributed by atoms with Gasteiger partial charge in [0, 0.05) is 12.0 Å². The maximum Gasteiger partial charge on any atom is 0.107 e. The van der Waals surface area contributed by atoms with Gasteiger partial charge in [0.05, 0.1) is 29.6 Å². The van der Waals surface area contributed by atoms with E-state index in [0.29, 0.717) is 5.56 Å². The number of aromatic amines is 1. The third kappa shape index (κ3) is 3.00. The van der Waals surface area contributed by atoms with Crippen molar-refractivity contribution < 1.29 is 5.11 Å². The van der Waals surface area contributed by atoms with E-state index in [-0.39, 0.29) is 6.42 Å². The molecule has 2 aromatic carbocycles. The molecule has 0 fully saturated rings. The maximum atomic E-state index is 10.1. The molecule has 2 N–H and O–H groups in total. The third-order valence-corrected chi connectivity index (χ3v) is 3.73. The van der Waals surface area contributed by atoms with Gasteiger partial charge in [0.1, 0.15) is 5.82 Å². The van der Waals surface area contributed by atoms with E-state index >= 15 is 0 Å². The lowest BCUT2D eigenvalue weighted by molar-refractivity contribution is 0.185. The quantitative estimate of drug-likeness (QED) is 0.757. The molecule has 1 aromatic heterocycles. The molecule has 4 heteroatoms. The minimum absolute atomic E-state index is 0.0747. The van der Waals surface area contributed by atoms with Crippen LogP contribution in [0.3, 0.4) is 0 Å². The molecule has 0 amide bonds. The van der Waals surface area contributed by atoms with E-state index in [4.69, 9.17) is 5.26 Å². The lowest BCUT2D eigenvalue weighted by atomic mass is 10.1. The number of imidazole rings is 1. The number of hydrogen-bond donors (Lipinski definition) is 2. The van der Waals surface area contributed by atoms with Gasteiger partial charge in [-0.25, -0.2) is 4.98 Å². The van der Waals surface area contributed by atoms with Gasteiger partial charge in [-0.15, -0.1) is 0 Å². The van der Waals surface area contributed by atoms with Crippen LogP contribution in [-0.4, -0.2) is 15.1 Å². The number of H-pyrrole nitrogens is 1. The fraction of sp³-hybridized carbons (Fsp3) is 0.222. The van der Waals surface area contributed by atoms with E-state index in [1.165, 1.54) is 5.56 Å². The summed E-state index contributed by atoms with van der Waals surface area (Å²) < 4.78 is 0. The lowest BCUT2D eigenvalue weighted by Gasteiger charge is -2.06. The van der Waals surface area contributed by atoms with Crippen LogP contribution < -0.4 is 0 Å². The average molecular weight is 291 g/mol. The van der Waals surface area contributed by atoms with E-state index in [9.17, 15) is 5.11 Å². The molecule has 0 saturated heterocycles. The Labute approximate surface area is 129 Å². The van der Waals surface area contributed by atoms with Crippen molar-refractivity contribution in [3.05, 3.63) is 65.5 Å². The average Bonchev–Trinajstić information content (AvgIpc) is 2.97. The molecule has 0 bridgehead atoms. The molecule has 4 nitrogen and oxygen atoms in total. The van der Waals surface area contributed by atoms with Crippen LogP contribution >= 0.6 is 0 Å². The summed E-state index contributed by atoms with van der Waals surface area (Å²) in [5, 5.41) is 18.8. The van der Waals surface area contributed by atoms with Crippen molar-refractivity contribution in [1.29, 1.82) is 5.26 Å². The molecule has 0 aliphatic heterocycles. The number of aliphatic hydroxyl groups excluding tert-OH is 1. The van der Waals surface area contributed by atoms with Crippen LogP contribution in [0.1, 0.15) is 29.5 Å². The number of para-hydroxylation sites is 1. The second kappa shape index (κ2) is 6.42. The van der Waals surface area contributed by atoms with Crippen molar-refractivity contribution in [2.75, 3.05) is 0 Å². The summed E-state index contributed by atoms with van der Waals surface area (Å²) in [4.78, 5) is 7.90. The number of benzene rings is 2. The molecule has 22 heavy (non-hydrogen) atoms. The number of rotatable bonds is 5. The minimum atomic E-state index is -0.793. The van der Waals surface area contributed by atoms with Crippen LogP contribution in [0, 0.1) is 11.3 Å². The molecular weight excluding hydrogens is 274 g/mol. The number of nitrogens with one attached hydrogen (secondary N) is 1. The van der Waals surface area contributed by atoms with Gasteiger partial charge >= 0.3 is 0 Å². The second-order valence-electron chi connectivity index (χ2n) is 5.29. The number of aryl methyl sites for hydroxylation is 2. The van der Waals surface area contributed by atoms with Gasteiger partial charge in [0.15, 0.2) is 0 Å². The van der Waals surface area contributed by atoms with Crippen molar-refractivity contribution in [2.24, 2.45) is 0 Å². The summed E-state index contributed by atoms with van der Waals surface area (Å²) in [6.45, 7) is 0. The smallest absolute Gasteiger partial charge is 0.107 e. The van der Waals surface area contributed by atoms with Crippen LogP contribution in [0.25, 0.3) is 11.0 Å². The monoisotopic (exact) mass is 291 g/mol. The molecule has 3 aromatic rings. The summed E-state index contributed by atoms with van der Waals surface area (Å²) >= 11 is 0. The molecule has 3 rings (SSSR count). The van der Waals surface area contributed by atoms with Crippen molar-refractivity contribution in [3.8, 4) is 6.07 Å². The van der Waals surface area contributed by atoms with Crippen molar-refractivity contribution in [2.45, 2.75) is 25.4 Å². The predicted octanol–water partition coefficient (Wildman–Crippen LogP) is 3.30. The first-order chi connectivity index (χ1) is 10.8. The zero-order valence-electron chi connectivity index (χ0n) is 12.2. The summed E-state index contributed by atoms with van der Waals surface area (Å²) in [5.74, 6) is 0.899. The molecule has 0 aliphatic rings. The van der Waals surface area contributed by atoms with Gasteiger partial charge in [-0.3, -0.25) is 0 Å². The Morgan fingerprint density at radius 3 is 2.68 bits per heavy atom. The van der Waals surface area contributed by atoms with E-state index < -0.39 is 6.10 Å². The predicted molar refractivity (Wildman–Crippen MR) is 85.1 cm³/mol. The molecule has 0 aliphatic carbocycles. The van der Waals surface area contributed by atoms with Gasteiger partial charge in [-0.1, -0.05) is 42.5 Å². The van der Waals surface area contributed by atoms with Gasteiger partial charge in [0.2, 0.25) is 0 Å². The van der Waals surface area contributed by atoms with Gasteiger partial charge in [-0.2, -0.15) is 5.26 Å². The fourth-order valence-electron chi connectivity index (χ4n) is 2.60. The van der Waals surface area contributed by atoms with E-state index in [2.05, 4.69) is 22.1 Å². The molecule has 110 valence electrons. The van der Waals surface area contributed by atoms with Gasteiger partial charge in [-0.05, 0) is 18.1 Å². The van der Waals surface area contributed by atoms with Gasteiger partial charge in [0.25, 0.3) is 0 Å². The molecule has 0 radical (unpaired) electrons. The molecule has 1 heterocycles. The van der Waals surface area contributed by atoms with Crippen molar-refractivity contribution >= 4 is 11.0 Å². The van der Waals surface area contributed by atoms with Crippen molar-refractivity contribution in [1.82, 2.24) is 9.97 Å². The van der Waals surface area contributed by atoms with E-state index in [1.54, 1.807) is 0 Å². The highest BCUT2D eigenvalue weighted by atomic mass is 16.3. The zero-order valence-corrected chi connectivity index (χ0v) is 12.2. The standard InChI is InChI=1S/C18H17N3O/c19-12-11-16(22)14-7-4-8-15-18(14)21-17(20-15)10-9-13-5-2-1-3-6-13/h1-8,16,22H,9-11H2,(H,20,21). The fourth-order valence-corrected chi connectivity index (χ4v) is 2.60. The highest BCUT2D eigenvalue weighted by Crippen LogP contribution is 2.24. The van der Waals surface area contributed by atoms with Crippen LogP contribution in [0.5, 0.6) is 0 Å². The summed E-state index contributed by atoms with van der Waals surface area (Å²) in [6.07, 6.45) is 1.01. The van der Waals surface area contributed by atoms with Crippen LogP contribution in [0.2, 0.25) is 0 Å². The number of aliphatic hydroxyl groups is 1. The van der Waals surface area contributed by atoms with Crippen LogP contribution in [0.15, 0.2) is 48.5 Å². The Hall–Kier alpha value is -2.64. The SMILES string of the molecule is N#CCC(O)c1cccc2[nH]c(CCc3ccccc3)nc12. The Bertz CT molecular complexity index is 802. The molecule has 0 spiro atoms. The number of fused-ring (bicyclic) bond motifs is 1. The zero-order chi connectivity index (χ0) is 15.4. The topological polar surface area (TPSA) is 72.7 Å². The first-order valence-electron chi connectivity index (χ1n) is 7.34. The number of hydrogen-bond acceptors (Lipinski definition) is 3. The lowest BCUT2D eigenvalue weighted by Crippen LogP contribution is -1.97. The summed E-state index contributed by atoms with van der Waals surface area (Å²) in [7, 11) is 0. The highest BCUT2D eigenvalue weighted by Gasteiger charge is 2.14. The summed E-state index contributed by atoms with van der Waals surface area (Å²) in [5.41, 5.74) is 3.64. The van der Waals surface area contributed by atoms with Crippen molar-refractivity contribution in [3.63, 3.8) is 0 Å². The number of aromatic nitrogens is 2. The van der Waals surface area contributed by atoms with Crippen LogP contribution in [-0.2, 0) is 12.8 Å². The largest absolute Gasteiger partial charge is 0.387 e. The Morgan fingerprint density at radius 1 is 1.09 bits per heavy atom. The maximum absolute atomic E-state index is 10.1. The van der Waals surface area contributed by atoms with Crippen LogP contribution in [0.4, 0.5) is 0 Å². The Balaban J connectivity index is 1.84. The number of nitriles is 1. The molecule has 0 saturated carbocycles. The first-order valence-corrected chi connectivity index (χ1v) is 7.34. The van der Waals surface area contributed by atoms with E-state index in [1.807, 2.05) is 42.5 Å². The molecule has 1 atom stereocenters. The normalized spacial score (nSPS) is 12.2.